The van der Waals surface area contributed by atoms with Gasteiger partial charge in [-0.1, -0.05) is 41.9 Å². The van der Waals surface area contributed by atoms with E-state index >= 15 is 0 Å². The summed E-state index contributed by atoms with van der Waals surface area (Å²) in [5.41, 5.74) is 1.17. The maximum Gasteiger partial charge on any atom is 0.261 e. The third kappa shape index (κ3) is 6.19. The van der Waals surface area contributed by atoms with Gasteiger partial charge in [0.05, 0.1) is 16.0 Å². The minimum absolute atomic E-state index is 0.0388. The average molecular weight is 463 g/mol. The summed E-state index contributed by atoms with van der Waals surface area (Å²) in [7, 11) is -3.83. The molecule has 0 saturated carbocycles. The van der Waals surface area contributed by atoms with Crippen LogP contribution in [0, 0.1) is 5.82 Å². The van der Waals surface area contributed by atoms with Crippen LogP contribution in [0.1, 0.15) is 18.5 Å². The highest BCUT2D eigenvalue weighted by Crippen LogP contribution is 2.28. The summed E-state index contributed by atoms with van der Waals surface area (Å²) >= 11 is 6.15. The Morgan fingerprint density at radius 3 is 2.39 bits per heavy atom. The van der Waals surface area contributed by atoms with E-state index in [2.05, 4.69) is 10.0 Å². The Hall–Kier alpha value is -3.10. The van der Waals surface area contributed by atoms with Crippen LogP contribution < -0.4 is 14.8 Å². The first kappa shape index (κ1) is 22.6. The van der Waals surface area contributed by atoms with Crippen molar-refractivity contribution in [1.29, 1.82) is 0 Å². The molecule has 0 saturated heterocycles. The van der Waals surface area contributed by atoms with Gasteiger partial charge < -0.3 is 10.1 Å². The summed E-state index contributed by atoms with van der Waals surface area (Å²) < 4.78 is 45.9. The fourth-order valence-electron chi connectivity index (χ4n) is 2.75. The first-order chi connectivity index (χ1) is 14.7. The Morgan fingerprint density at radius 1 is 1.06 bits per heavy atom. The predicted octanol–water partition coefficient (Wildman–Crippen LogP) is 4.54. The van der Waals surface area contributed by atoms with Crippen LogP contribution in [-0.4, -0.2) is 20.9 Å². The highest BCUT2D eigenvalue weighted by atomic mass is 35.5. The minimum Gasteiger partial charge on any atom is -0.482 e. The molecule has 1 amide bonds. The fourth-order valence-corrected chi connectivity index (χ4v) is 4.13. The van der Waals surface area contributed by atoms with Gasteiger partial charge in [0.1, 0.15) is 11.6 Å². The van der Waals surface area contributed by atoms with Crippen LogP contribution in [0.3, 0.4) is 0 Å². The second-order valence-corrected chi connectivity index (χ2v) is 8.78. The number of para-hydroxylation sites is 1. The van der Waals surface area contributed by atoms with E-state index in [0.717, 1.165) is 5.56 Å². The number of amides is 1. The van der Waals surface area contributed by atoms with E-state index in [1.165, 1.54) is 30.3 Å². The zero-order chi connectivity index (χ0) is 22.4. The molecule has 3 aromatic carbocycles. The number of nitrogens with one attached hydrogen (secondary N) is 2. The third-order valence-corrected chi connectivity index (χ3v) is 6.02. The number of carbonyl (C=O) groups excluding carboxylic acids is 1. The lowest BCUT2D eigenvalue weighted by molar-refractivity contribution is -0.123. The molecule has 1 atom stereocenters. The van der Waals surface area contributed by atoms with Gasteiger partial charge in [-0.15, -0.1) is 0 Å². The summed E-state index contributed by atoms with van der Waals surface area (Å²) in [6.45, 7) is 1.44. The van der Waals surface area contributed by atoms with E-state index in [9.17, 15) is 17.6 Å². The second kappa shape index (κ2) is 9.80. The van der Waals surface area contributed by atoms with Crippen molar-refractivity contribution >= 4 is 33.2 Å². The number of hydrogen-bond acceptors (Lipinski definition) is 4. The summed E-state index contributed by atoms with van der Waals surface area (Å²) in [6.07, 6.45) is 0. The monoisotopic (exact) mass is 462 g/mol. The van der Waals surface area contributed by atoms with Crippen molar-refractivity contribution in [2.75, 3.05) is 11.3 Å². The molecule has 2 N–H and O–H groups in total. The number of anilines is 1. The number of benzene rings is 3. The van der Waals surface area contributed by atoms with Gasteiger partial charge in [-0.05, 0) is 55.0 Å². The number of rotatable bonds is 8. The van der Waals surface area contributed by atoms with Gasteiger partial charge in [0.2, 0.25) is 0 Å². The molecule has 0 bridgehead atoms. The van der Waals surface area contributed by atoms with Gasteiger partial charge in [-0.25, -0.2) is 12.8 Å². The zero-order valence-corrected chi connectivity index (χ0v) is 18.1. The molecule has 162 valence electrons. The van der Waals surface area contributed by atoms with Crippen LogP contribution in [0.25, 0.3) is 0 Å². The lowest BCUT2D eigenvalue weighted by atomic mass is 10.1. The minimum atomic E-state index is -3.83. The second-order valence-electron chi connectivity index (χ2n) is 6.69. The Bertz CT molecular complexity index is 1160. The molecule has 0 heterocycles. The fraction of sp³-hybridized carbons (Fsp3) is 0.136. The molecular formula is C22H20ClFN2O4S. The molecule has 31 heavy (non-hydrogen) atoms. The van der Waals surface area contributed by atoms with Crippen molar-refractivity contribution in [2.24, 2.45) is 0 Å². The molecule has 6 nitrogen and oxygen atoms in total. The maximum absolute atomic E-state index is 13.0. The molecule has 0 aromatic heterocycles. The number of sulfonamides is 1. The third-order valence-electron chi connectivity index (χ3n) is 4.35. The van der Waals surface area contributed by atoms with Gasteiger partial charge in [-0.3, -0.25) is 9.52 Å². The quantitative estimate of drug-likeness (QED) is 0.515. The van der Waals surface area contributed by atoms with Crippen LogP contribution in [0.4, 0.5) is 10.1 Å². The molecule has 3 aromatic rings. The summed E-state index contributed by atoms with van der Waals surface area (Å²) in [5.74, 6) is -0.593. The highest BCUT2D eigenvalue weighted by Gasteiger charge is 2.17. The van der Waals surface area contributed by atoms with Crippen molar-refractivity contribution in [2.45, 2.75) is 17.9 Å². The van der Waals surface area contributed by atoms with Crippen LogP contribution in [-0.2, 0) is 14.8 Å². The lowest BCUT2D eigenvalue weighted by Crippen LogP contribution is -2.31. The Labute approximate surface area is 185 Å². The van der Waals surface area contributed by atoms with Crippen molar-refractivity contribution in [3.63, 3.8) is 0 Å². The Kier molecular flexibility index (Phi) is 7.14. The molecule has 1 unspecified atom stereocenters. The van der Waals surface area contributed by atoms with Crippen molar-refractivity contribution in [3.8, 4) is 5.75 Å². The molecule has 9 heteroatoms. The van der Waals surface area contributed by atoms with Crippen molar-refractivity contribution in [3.05, 3.63) is 89.2 Å². The molecule has 0 spiro atoms. The molecular weight excluding hydrogens is 443 g/mol. The van der Waals surface area contributed by atoms with E-state index in [-0.39, 0.29) is 34.1 Å². The summed E-state index contributed by atoms with van der Waals surface area (Å²) in [5, 5.41) is 2.78. The van der Waals surface area contributed by atoms with E-state index in [4.69, 9.17) is 16.3 Å². The number of halogens is 2. The van der Waals surface area contributed by atoms with E-state index in [1.807, 2.05) is 0 Å². The number of carbonyl (C=O) groups is 1. The topological polar surface area (TPSA) is 84.5 Å². The van der Waals surface area contributed by atoms with E-state index < -0.39 is 15.9 Å². The molecule has 3 rings (SSSR count). The first-order valence-corrected chi connectivity index (χ1v) is 11.2. The van der Waals surface area contributed by atoms with Gasteiger partial charge >= 0.3 is 0 Å². The highest BCUT2D eigenvalue weighted by molar-refractivity contribution is 7.92. The standard InChI is InChI=1S/C22H20ClFN2O4S/c1-15(16-7-9-17(24)10-8-16)25-22(27)14-30-21-12-11-19(13-20(21)23)31(28,29)26-18-5-3-2-4-6-18/h2-13,15,26H,14H2,1H3,(H,25,27). The van der Waals surface area contributed by atoms with Gasteiger partial charge in [0.25, 0.3) is 15.9 Å². The normalized spacial score (nSPS) is 12.1. The Morgan fingerprint density at radius 2 is 1.74 bits per heavy atom. The number of hydrogen-bond donors (Lipinski definition) is 2. The van der Waals surface area contributed by atoms with Gasteiger partial charge in [-0.2, -0.15) is 0 Å². The SMILES string of the molecule is CC(NC(=O)COc1ccc(S(=O)(=O)Nc2ccccc2)cc1Cl)c1ccc(F)cc1. The lowest BCUT2D eigenvalue weighted by Gasteiger charge is -2.15. The maximum atomic E-state index is 13.0. The average Bonchev–Trinajstić information content (AvgIpc) is 2.73. The smallest absolute Gasteiger partial charge is 0.261 e. The summed E-state index contributed by atoms with van der Waals surface area (Å²) in [6, 6.07) is 17.9. The van der Waals surface area contributed by atoms with Crippen molar-refractivity contribution in [1.82, 2.24) is 5.32 Å². The predicted molar refractivity (Wildman–Crippen MR) is 117 cm³/mol. The van der Waals surface area contributed by atoms with Crippen LogP contribution >= 0.6 is 11.6 Å². The molecule has 0 aliphatic heterocycles. The zero-order valence-electron chi connectivity index (χ0n) is 16.5. The summed E-state index contributed by atoms with van der Waals surface area (Å²) in [4.78, 5) is 12.1. The van der Waals surface area contributed by atoms with E-state index in [0.29, 0.717) is 5.69 Å². The molecule has 0 aliphatic rings. The number of ether oxygens (including phenoxy) is 1. The van der Waals surface area contributed by atoms with Crippen LogP contribution in [0.5, 0.6) is 5.75 Å². The molecule has 0 aliphatic carbocycles. The Balaban J connectivity index is 1.60. The molecule has 0 radical (unpaired) electrons. The molecule has 0 fully saturated rings. The van der Waals surface area contributed by atoms with Crippen LogP contribution in [0.2, 0.25) is 5.02 Å². The van der Waals surface area contributed by atoms with Crippen molar-refractivity contribution < 1.29 is 22.3 Å². The first-order valence-electron chi connectivity index (χ1n) is 9.29. The van der Waals surface area contributed by atoms with Gasteiger partial charge in [0, 0.05) is 5.69 Å². The van der Waals surface area contributed by atoms with E-state index in [1.54, 1.807) is 49.4 Å². The largest absolute Gasteiger partial charge is 0.482 e. The van der Waals surface area contributed by atoms with Gasteiger partial charge in [0.15, 0.2) is 6.61 Å². The van der Waals surface area contributed by atoms with Crippen LogP contribution in [0.15, 0.2) is 77.7 Å².